The van der Waals surface area contributed by atoms with E-state index in [1.165, 1.54) is 18.2 Å². The van der Waals surface area contributed by atoms with Gasteiger partial charge in [-0.15, -0.1) is 0 Å². The van der Waals surface area contributed by atoms with Gasteiger partial charge in [0, 0.05) is 55.5 Å². The van der Waals surface area contributed by atoms with Crippen LogP contribution in [0.4, 0.5) is 0 Å². The van der Waals surface area contributed by atoms with Gasteiger partial charge in [-0.1, -0.05) is 25.2 Å². The second-order valence-corrected chi connectivity index (χ2v) is 12.4. The van der Waals surface area contributed by atoms with E-state index in [4.69, 9.17) is 14.2 Å². The fourth-order valence-corrected chi connectivity index (χ4v) is 6.50. The minimum atomic E-state index is -0.725. The zero-order valence-electron chi connectivity index (χ0n) is 29.2. The third-order valence-corrected chi connectivity index (χ3v) is 9.54. The quantitative estimate of drug-likeness (QED) is 0.0630. The number of aliphatic hydroxyl groups is 1. The Morgan fingerprint density at radius 1 is 0.680 bits per heavy atom. The van der Waals surface area contributed by atoms with E-state index in [1.54, 1.807) is 27.7 Å². The van der Waals surface area contributed by atoms with Crippen molar-refractivity contribution < 1.29 is 62.5 Å². The smallest absolute Gasteiger partial charge is 0.306 e. The van der Waals surface area contributed by atoms with Crippen LogP contribution in [-0.4, -0.2) is 86.7 Å². The van der Waals surface area contributed by atoms with Gasteiger partial charge in [0.05, 0.1) is 32.5 Å². The molecule has 1 aliphatic carbocycles. The molecule has 1 rings (SSSR count). The molecule has 13 nitrogen and oxygen atoms in total. The van der Waals surface area contributed by atoms with Gasteiger partial charge in [-0.25, -0.2) is 0 Å². The van der Waals surface area contributed by atoms with Crippen molar-refractivity contribution in [2.24, 2.45) is 41.4 Å². The molecule has 1 fully saturated rings. The Hall–Kier alpha value is -4.39. The Bertz CT molecular complexity index is 1280. The van der Waals surface area contributed by atoms with Gasteiger partial charge in [0.1, 0.15) is 43.8 Å². The van der Waals surface area contributed by atoms with E-state index in [0.717, 1.165) is 0 Å². The van der Waals surface area contributed by atoms with Crippen LogP contribution in [0.5, 0.6) is 0 Å². The number of allylic oxidation sites excluding steroid dienone is 6. The summed E-state index contributed by atoms with van der Waals surface area (Å²) in [5.41, 5.74) is 0.843. The summed E-state index contributed by atoms with van der Waals surface area (Å²) < 4.78 is 16.9. The second-order valence-electron chi connectivity index (χ2n) is 12.4. The topological polar surface area (TPSA) is 202 Å². The lowest BCUT2D eigenvalue weighted by Gasteiger charge is -2.28. The average Bonchev–Trinajstić information content (AvgIpc) is 3.39. The van der Waals surface area contributed by atoms with Crippen molar-refractivity contribution in [2.45, 2.75) is 78.7 Å². The van der Waals surface area contributed by atoms with Gasteiger partial charge >= 0.3 is 17.9 Å². The Balaban J connectivity index is 3.24. The maximum atomic E-state index is 13.1. The summed E-state index contributed by atoms with van der Waals surface area (Å²) in [7, 11) is 0. The second kappa shape index (κ2) is 23.9. The predicted molar refractivity (Wildman–Crippen MR) is 179 cm³/mol. The van der Waals surface area contributed by atoms with Crippen LogP contribution in [0.2, 0.25) is 0 Å². The number of aliphatic hydroxyl groups excluding tert-OH is 1. The van der Waals surface area contributed by atoms with E-state index in [2.05, 4.69) is 0 Å². The first-order valence-corrected chi connectivity index (χ1v) is 16.8. The van der Waals surface area contributed by atoms with Crippen molar-refractivity contribution in [3.63, 3.8) is 0 Å². The first kappa shape index (κ1) is 43.6. The Kier molecular flexibility index (Phi) is 20.8. The van der Waals surface area contributed by atoms with Crippen LogP contribution in [0.3, 0.4) is 0 Å². The molecule has 1 aliphatic rings. The van der Waals surface area contributed by atoms with Gasteiger partial charge in [0.15, 0.2) is 0 Å². The third-order valence-electron chi connectivity index (χ3n) is 9.54. The standard InChI is InChI=1S/C37H50O13/c1-5-25(18-41)28(8-11-38)14-35(45)48-22-31(21-44)32-17-34(50-37(47)16-30(10-13-40)27(7-3)20-43)24(4)33(32)23-49-36(46)15-29(9-12-39)26(6-2)19-42/h5-7,11-13,18-20,24,28-34,44H,8-10,14-17,21-23H2,1-4H3/b25-5-,26-6-,27-7-/t24-,28+,29+,30+,31+,32+,33-,34-/m1/s1. The number of carbonyl (C=O) groups excluding carboxylic acids is 9. The van der Waals surface area contributed by atoms with Crippen molar-refractivity contribution in [1.29, 1.82) is 0 Å². The number of hydrogen-bond acceptors (Lipinski definition) is 13. The highest BCUT2D eigenvalue weighted by atomic mass is 16.5. The molecular weight excluding hydrogens is 652 g/mol. The number of esters is 3. The first-order valence-electron chi connectivity index (χ1n) is 16.8. The molecule has 0 radical (unpaired) electrons. The highest BCUT2D eigenvalue weighted by Gasteiger charge is 2.47. The van der Waals surface area contributed by atoms with Crippen LogP contribution in [0.15, 0.2) is 34.9 Å². The minimum absolute atomic E-state index is 0.0624. The SMILES string of the molecule is C/C=C(/C=O)[C@@H](CC=O)CC(=O)OC[C@H](CO)[C@@H]1C[C@@H](OC(=O)C[C@H](CC=O)/C(C=O)=C\C)[C@H](C)[C@H]1COC(=O)C[C@H](CC=O)/C(C=O)=C\C. The molecule has 0 heterocycles. The number of aldehydes is 6. The number of rotatable bonds is 25. The van der Waals surface area contributed by atoms with Gasteiger partial charge in [-0.3, -0.25) is 28.8 Å². The van der Waals surface area contributed by atoms with Gasteiger partial charge < -0.3 is 33.7 Å². The van der Waals surface area contributed by atoms with Crippen LogP contribution in [0, 0.1) is 41.4 Å². The molecule has 0 bridgehead atoms. The zero-order valence-corrected chi connectivity index (χ0v) is 29.2. The van der Waals surface area contributed by atoms with E-state index in [0.29, 0.717) is 37.7 Å². The molecule has 0 aliphatic heterocycles. The predicted octanol–water partition coefficient (Wildman–Crippen LogP) is 3.09. The zero-order chi connectivity index (χ0) is 37.6. The molecule has 13 heteroatoms. The highest BCUT2D eigenvalue weighted by Crippen LogP contribution is 2.44. The van der Waals surface area contributed by atoms with Crippen molar-refractivity contribution in [2.75, 3.05) is 19.8 Å². The molecule has 0 aromatic rings. The molecule has 1 saturated carbocycles. The van der Waals surface area contributed by atoms with E-state index in [9.17, 15) is 48.3 Å². The summed E-state index contributed by atoms with van der Waals surface area (Å²) in [6.07, 6.45) is 6.69. The van der Waals surface area contributed by atoms with Crippen LogP contribution in [0.25, 0.3) is 0 Å². The summed E-state index contributed by atoms with van der Waals surface area (Å²) in [6, 6.07) is 0. The Morgan fingerprint density at radius 3 is 1.48 bits per heavy atom. The molecule has 8 atom stereocenters. The summed E-state index contributed by atoms with van der Waals surface area (Å²) in [5, 5.41) is 10.4. The van der Waals surface area contributed by atoms with Crippen LogP contribution in [0.1, 0.15) is 72.6 Å². The van der Waals surface area contributed by atoms with E-state index in [-0.39, 0.29) is 74.9 Å². The molecule has 0 saturated heterocycles. The summed E-state index contributed by atoms with van der Waals surface area (Å²) >= 11 is 0. The summed E-state index contributed by atoms with van der Waals surface area (Å²) in [5.74, 6) is -6.13. The fraction of sp³-hybridized carbons (Fsp3) is 0.595. The normalized spacial score (nSPS) is 21.9. The third kappa shape index (κ3) is 13.5. The lowest BCUT2D eigenvalue weighted by atomic mass is 9.82. The van der Waals surface area contributed by atoms with Crippen molar-refractivity contribution >= 4 is 55.6 Å². The van der Waals surface area contributed by atoms with E-state index < -0.39 is 72.0 Å². The lowest BCUT2D eigenvalue weighted by molar-refractivity contribution is -0.153. The highest BCUT2D eigenvalue weighted by molar-refractivity contribution is 5.80. The van der Waals surface area contributed by atoms with Crippen molar-refractivity contribution in [3.05, 3.63) is 34.9 Å². The van der Waals surface area contributed by atoms with E-state index >= 15 is 0 Å². The molecule has 1 N–H and O–H groups in total. The van der Waals surface area contributed by atoms with Gasteiger partial charge in [-0.05, 0) is 55.7 Å². The maximum Gasteiger partial charge on any atom is 0.306 e. The van der Waals surface area contributed by atoms with Crippen molar-refractivity contribution in [3.8, 4) is 0 Å². The number of hydrogen-bond donors (Lipinski definition) is 1. The summed E-state index contributed by atoms with van der Waals surface area (Å²) in [6.45, 7) is 5.76. The molecular formula is C37H50O13. The molecule has 50 heavy (non-hydrogen) atoms. The number of carbonyl (C=O) groups is 9. The fourth-order valence-electron chi connectivity index (χ4n) is 6.50. The number of ether oxygens (including phenoxy) is 3. The lowest BCUT2D eigenvalue weighted by Crippen LogP contribution is -2.32. The molecule has 0 amide bonds. The van der Waals surface area contributed by atoms with Gasteiger partial charge in [-0.2, -0.15) is 0 Å². The molecule has 276 valence electrons. The van der Waals surface area contributed by atoms with Crippen LogP contribution >= 0.6 is 0 Å². The van der Waals surface area contributed by atoms with Crippen molar-refractivity contribution in [1.82, 2.24) is 0 Å². The van der Waals surface area contributed by atoms with Gasteiger partial charge in [0.2, 0.25) is 0 Å². The monoisotopic (exact) mass is 702 g/mol. The van der Waals surface area contributed by atoms with Crippen LogP contribution < -0.4 is 0 Å². The average molecular weight is 703 g/mol. The Morgan fingerprint density at radius 2 is 1.10 bits per heavy atom. The minimum Gasteiger partial charge on any atom is -0.465 e. The summed E-state index contributed by atoms with van der Waals surface area (Å²) in [4.78, 5) is 107. The maximum absolute atomic E-state index is 13.1. The first-order chi connectivity index (χ1) is 24.0. The molecule has 0 aromatic carbocycles. The molecule has 0 aromatic heterocycles. The largest absolute Gasteiger partial charge is 0.465 e. The Labute approximate surface area is 292 Å². The molecule has 0 spiro atoms. The van der Waals surface area contributed by atoms with Gasteiger partial charge in [0.25, 0.3) is 0 Å². The molecule has 0 unspecified atom stereocenters. The van der Waals surface area contributed by atoms with Crippen LogP contribution in [-0.2, 0) is 57.4 Å². The van der Waals surface area contributed by atoms with E-state index in [1.807, 2.05) is 0 Å².